The molecule has 0 aromatic heterocycles. The van der Waals surface area contributed by atoms with E-state index in [2.05, 4.69) is 22.7 Å². The minimum absolute atomic E-state index is 0.215. The van der Waals surface area contributed by atoms with Gasteiger partial charge in [0.05, 0.1) is 25.8 Å². The smallest absolute Gasteiger partial charge is 0.206 e. The molecular formula is C9H22N4O2. The van der Waals surface area contributed by atoms with Crippen LogP contribution in [0.15, 0.2) is 4.99 Å². The Bertz CT molecular complexity index is 175. The van der Waals surface area contributed by atoms with E-state index in [0.717, 1.165) is 6.42 Å². The second-order valence-electron chi connectivity index (χ2n) is 3.07. The van der Waals surface area contributed by atoms with Gasteiger partial charge in [0.15, 0.2) is 0 Å². The summed E-state index contributed by atoms with van der Waals surface area (Å²) in [5.74, 6) is 5.89. The molecule has 0 aliphatic carbocycles. The number of nitrogens with one attached hydrogen (secondary N) is 2. The predicted molar refractivity (Wildman–Crippen MR) is 60.6 cm³/mol. The molecule has 0 fully saturated rings. The van der Waals surface area contributed by atoms with Gasteiger partial charge in [-0.25, -0.2) is 10.8 Å². The molecule has 15 heavy (non-hydrogen) atoms. The van der Waals surface area contributed by atoms with Crippen LogP contribution in [-0.4, -0.2) is 46.0 Å². The van der Waals surface area contributed by atoms with Crippen molar-refractivity contribution in [2.75, 3.05) is 34.0 Å². The second kappa shape index (κ2) is 9.70. The Hall–Kier alpha value is -0.850. The van der Waals surface area contributed by atoms with Crippen molar-refractivity contribution in [1.82, 2.24) is 10.7 Å². The van der Waals surface area contributed by atoms with Crippen molar-refractivity contribution in [3.63, 3.8) is 0 Å². The molecule has 4 N–H and O–H groups in total. The highest BCUT2D eigenvalue weighted by molar-refractivity contribution is 5.79. The van der Waals surface area contributed by atoms with Crippen LogP contribution in [0.4, 0.5) is 0 Å². The Morgan fingerprint density at radius 2 is 2.13 bits per heavy atom. The van der Waals surface area contributed by atoms with Gasteiger partial charge < -0.3 is 14.8 Å². The molecule has 0 aromatic rings. The lowest BCUT2D eigenvalue weighted by atomic mass is 10.2. The average Bonchev–Trinajstić information content (AvgIpc) is 2.26. The molecule has 0 spiro atoms. The number of guanidine groups is 1. The van der Waals surface area contributed by atoms with Crippen LogP contribution in [0.2, 0.25) is 0 Å². The monoisotopic (exact) mass is 218 g/mol. The van der Waals surface area contributed by atoms with E-state index in [1.807, 2.05) is 0 Å². The third-order valence-corrected chi connectivity index (χ3v) is 1.90. The molecule has 6 heteroatoms. The number of ether oxygens (including phenoxy) is 2. The molecule has 0 aliphatic heterocycles. The van der Waals surface area contributed by atoms with Crippen molar-refractivity contribution in [2.45, 2.75) is 19.4 Å². The van der Waals surface area contributed by atoms with Gasteiger partial charge in [0.25, 0.3) is 0 Å². The molecule has 0 bridgehead atoms. The minimum atomic E-state index is 0.215. The summed E-state index contributed by atoms with van der Waals surface area (Å²) in [6.07, 6.45) is 0.943. The van der Waals surface area contributed by atoms with E-state index in [0.29, 0.717) is 25.7 Å². The molecule has 0 aliphatic rings. The molecule has 0 aromatic carbocycles. The van der Waals surface area contributed by atoms with Gasteiger partial charge in [-0.15, -0.1) is 0 Å². The Morgan fingerprint density at radius 1 is 1.40 bits per heavy atom. The molecule has 1 unspecified atom stereocenters. The van der Waals surface area contributed by atoms with E-state index >= 15 is 0 Å². The first kappa shape index (κ1) is 14.2. The summed E-state index contributed by atoms with van der Waals surface area (Å²) in [7, 11) is 3.31. The molecule has 90 valence electrons. The number of nitrogens with zero attached hydrogens (tertiary/aromatic N) is 1. The quantitative estimate of drug-likeness (QED) is 0.176. The molecule has 1 atom stereocenters. The number of rotatable bonds is 7. The van der Waals surface area contributed by atoms with E-state index in [9.17, 15) is 0 Å². The minimum Gasteiger partial charge on any atom is -0.383 e. The van der Waals surface area contributed by atoms with Gasteiger partial charge in [-0.3, -0.25) is 5.43 Å². The molecule has 0 saturated heterocycles. The van der Waals surface area contributed by atoms with E-state index < -0.39 is 0 Å². The van der Waals surface area contributed by atoms with Crippen LogP contribution in [0.1, 0.15) is 13.3 Å². The fourth-order valence-electron chi connectivity index (χ4n) is 1.04. The Balaban J connectivity index is 3.98. The highest BCUT2D eigenvalue weighted by atomic mass is 16.5. The molecule has 0 heterocycles. The van der Waals surface area contributed by atoms with Gasteiger partial charge >= 0.3 is 0 Å². The first-order valence-corrected chi connectivity index (χ1v) is 5.03. The van der Waals surface area contributed by atoms with Crippen LogP contribution in [0.25, 0.3) is 0 Å². The first-order chi connectivity index (χ1) is 7.28. The maximum Gasteiger partial charge on any atom is 0.206 e. The van der Waals surface area contributed by atoms with E-state index in [-0.39, 0.29) is 6.04 Å². The fourth-order valence-corrected chi connectivity index (χ4v) is 1.04. The average molecular weight is 218 g/mol. The van der Waals surface area contributed by atoms with Crippen molar-refractivity contribution >= 4 is 5.96 Å². The number of hydrogen-bond donors (Lipinski definition) is 3. The van der Waals surface area contributed by atoms with Crippen LogP contribution in [-0.2, 0) is 9.47 Å². The van der Waals surface area contributed by atoms with E-state index in [1.54, 1.807) is 14.2 Å². The predicted octanol–water partition coefficient (Wildman–Crippen LogP) is -0.533. The van der Waals surface area contributed by atoms with Crippen molar-refractivity contribution < 1.29 is 9.47 Å². The largest absolute Gasteiger partial charge is 0.383 e. The summed E-state index contributed by atoms with van der Waals surface area (Å²) in [5.41, 5.74) is 2.51. The van der Waals surface area contributed by atoms with Gasteiger partial charge in [0, 0.05) is 14.2 Å². The van der Waals surface area contributed by atoms with Gasteiger partial charge in [-0.1, -0.05) is 6.92 Å². The molecule has 0 saturated carbocycles. The van der Waals surface area contributed by atoms with Crippen molar-refractivity contribution in [2.24, 2.45) is 10.8 Å². The van der Waals surface area contributed by atoms with Crippen LogP contribution in [0, 0.1) is 0 Å². The Morgan fingerprint density at radius 3 is 2.60 bits per heavy atom. The van der Waals surface area contributed by atoms with Crippen LogP contribution in [0.3, 0.4) is 0 Å². The highest BCUT2D eigenvalue weighted by Crippen LogP contribution is 1.90. The molecule has 0 radical (unpaired) electrons. The maximum atomic E-state index is 5.33. The summed E-state index contributed by atoms with van der Waals surface area (Å²) in [5, 5.41) is 3.15. The summed E-state index contributed by atoms with van der Waals surface area (Å²) >= 11 is 0. The summed E-state index contributed by atoms with van der Waals surface area (Å²) in [4.78, 5) is 4.19. The first-order valence-electron chi connectivity index (χ1n) is 5.03. The van der Waals surface area contributed by atoms with Crippen LogP contribution in [0.5, 0.6) is 0 Å². The topological polar surface area (TPSA) is 80.9 Å². The standard InChI is InChI=1S/C9H22N4O2/c1-4-8(7-15-3)12-9(13-10)11-5-6-14-2/h8H,4-7,10H2,1-3H3,(H2,11,12,13). The highest BCUT2D eigenvalue weighted by Gasteiger charge is 2.06. The number of nitrogens with two attached hydrogens (primary N) is 1. The summed E-state index contributed by atoms with van der Waals surface area (Å²) < 4.78 is 9.94. The fraction of sp³-hybridized carbons (Fsp3) is 0.889. The molecule has 0 amide bonds. The normalized spacial score (nSPS) is 13.7. The molecule has 6 nitrogen and oxygen atoms in total. The lowest BCUT2D eigenvalue weighted by molar-refractivity contribution is 0.171. The number of methoxy groups -OCH3 is 2. The van der Waals surface area contributed by atoms with Gasteiger partial charge in [-0.05, 0) is 6.42 Å². The number of hydrazine groups is 1. The third-order valence-electron chi connectivity index (χ3n) is 1.90. The van der Waals surface area contributed by atoms with Crippen LogP contribution >= 0.6 is 0 Å². The Kier molecular flexibility index (Phi) is 9.15. The number of aliphatic imine (C=N–C) groups is 1. The third kappa shape index (κ3) is 7.12. The zero-order valence-corrected chi connectivity index (χ0v) is 9.75. The van der Waals surface area contributed by atoms with Crippen molar-refractivity contribution in [1.29, 1.82) is 0 Å². The van der Waals surface area contributed by atoms with E-state index in [4.69, 9.17) is 15.3 Å². The number of hydrogen-bond acceptors (Lipinski definition) is 4. The van der Waals surface area contributed by atoms with Gasteiger partial charge in [0.2, 0.25) is 5.96 Å². The maximum absolute atomic E-state index is 5.33. The Labute approximate surface area is 91.2 Å². The zero-order valence-electron chi connectivity index (χ0n) is 9.75. The van der Waals surface area contributed by atoms with Crippen LogP contribution < -0.4 is 16.6 Å². The SMILES string of the molecule is CCC(COC)NC(=NCCOC)NN. The summed E-state index contributed by atoms with van der Waals surface area (Å²) in [6.45, 7) is 3.85. The zero-order chi connectivity index (χ0) is 11.5. The second-order valence-corrected chi connectivity index (χ2v) is 3.07. The summed E-state index contributed by atoms with van der Waals surface area (Å²) in [6, 6.07) is 0.215. The lowest BCUT2D eigenvalue weighted by Crippen LogP contribution is -2.47. The van der Waals surface area contributed by atoms with Crippen molar-refractivity contribution in [3.05, 3.63) is 0 Å². The van der Waals surface area contributed by atoms with E-state index in [1.165, 1.54) is 0 Å². The molecule has 0 rings (SSSR count). The van der Waals surface area contributed by atoms with Crippen molar-refractivity contribution in [3.8, 4) is 0 Å². The van der Waals surface area contributed by atoms with Gasteiger partial charge in [0.1, 0.15) is 0 Å². The van der Waals surface area contributed by atoms with Gasteiger partial charge in [-0.2, -0.15) is 0 Å². The lowest BCUT2D eigenvalue weighted by Gasteiger charge is -2.18. The molecular weight excluding hydrogens is 196 g/mol.